The summed E-state index contributed by atoms with van der Waals surface area (Å²) in [5, 5.41) is 21.0. The lowest BCUT2D eigenvalue weighted by molar-refractivity contribution is -0.139. The van der Waals surface area contributed by atoms with Gasteiger partial charge in [-0.2, -0.15) is 4.91 Å². The molecular weight excluding hydrogens is 202 g/mol. The third-order valence-corrected chi connectivity index (χ3v) is 1.54. The standard InChI is InChI=1S/C6H13N7O2/c7-6(8)10-3-1-2-4(5(14)15)11-13-12-9/h4,11H,1-3H2,(H,14,15)(H4,7,8,10)/t4-/m0/s1. The first kappa shape index (κ1) is 12.8. The van der Waals surface area contributed by atoms with E-state index in [1.807, 2.05) is 0 Å². The van der Waals surface area contributed by atoms with E-state index < -0.39 is 12.0 Å². The molecule has 15 heavy (non-hydrogen) atoms. The predicted molar refractivity (Wildman–Crippen MR) is 52.9 cm³/mol. The Kier molecular flexibility index (Phi) is 6.23. The molecule has 0 aliphatic rings. The van der Waals surface area contributed by atoms with Crippen LogP contribution in [0.25, 0.3) is 10.4 Å². The number of guanidine groups is 1. The minimum Gasteiger partial charge on any atom is -0.478 e. The summed E-state index contributed by atoms with van der Waals surface area (Å²) in [6.45, 7) is 0.400. The molecule has 84 valence electrons. The Balaban J connectivity index is 3.81. The maximum Gasteiger partial charge on any atom is 0.349 e. The van der Waals surface area contributed by atoms with Crippen molar-refractivity contribution in [3.63, 3.8) is 0 Å². The molecule has 0 saturated carbocycles. The number of carbonyl (C=O) groups is 1. The zero-order valence-electron chi connectivity index (χ0n) is 7.97. The van der Waals surface area contributed by atoms with Crippen molar-refractivity contribution in [2.75, 3.05) is 6.54 Å². The molecule has 6 N–H and O–H groups in total. The van der Waals surface area contributed by atoms with Gasteiger partial charge in [0.1, 0.15) is 0 Å². The molecule has 9 heteroatoms. The second kappa shape index (κ2) is 7.27. The van der Waals surface area contributed by atoms with Gasteiger partial charge >= 0.3 is 5.97 Å². The first-order valence-electron chi connectivity index (χ1n) is 4.18. The molecule has 0 aromatic heterocycles. The molecule has 1 atom stereocenters. The van der Waals surface area contributed by atoms with E-state index in [1.54, 1.807) is 0 Å². The van der Waals surface area contributed by atoms with Crippen molar-refractivity contribution in [2.24, 2.45) is 11.0 Å². The highest BCUT2D eigenvalue weighted by molar-refractivity contribution is 5.74. The third kappa shape index (κ3) is 6.96. The normalized spacial score (nSPS) is 10.9. The molecule has 9 nitrogen and oxygen atoms in total. The highest BCUT2D eigenvalue weighted by Gasteiger charge is 2.18. The third-order valence-electron chi connectivity index (χ3n) is 1.54. The van der Waals surface area contributed by atoms with E-state index in [9.17, 15) is 4.79 Å². The quantitative estimate of drug-likeness (QED) is 0.0735. The molecule has 0 aliphatic carbocycles. The summed E-state index contributed by atoms with van der Waals surface area (Å²) < 4.78 is 0. The SMILES string of the molecule is [N-]=[N+]=NN[C@@H](CCCNC(=N)N)C(=O)O. The largest absolute Gasteiger partial charge is 0.478 e. The van der Waals surface area contributed by atoms with Crippen LogP contribution in [0.3, 0.4) is 0 Å². The van der Waals surface area contributed by atoms with E-state index in [0.717, 1.165) is 0 Å². The molecule has 0 spiro atoms. The van der Waals surface area contributed by atoms with Crippen LogP contribution in [-0.2, 0) is 4.79 Å². The van der Waals surface area contributed by atoms with Gasteiger partial charge in [-0.3, -0.25) is 5.41 Å². The zero-order chi connectivity index (χ0) is 11.7. The highest BCUT2D eigenvalue weighted by Crippen LogP contribution is 1.96. The van der Waals surface area contributed by atoms with E-state index in [2.05, 4.69) is 20.9 Å². The number of rotatable bonds is 7. The summed E-state index contributed by atoms with van der Waals surface area (Å²) in [5.41, 5.74) is 15.2. The summed E-state index contributed by atoms with van der Waals surface area (Å²) in [6.07, 6.45) is 0.763. The fourth-order valence-electron chi connectivity index (χ4n) is 0.868. The Hall–Kier alpha value is -2.15. The van der Waals surface area contributed by atoms with E-state index in [1.165, 1.54) is 0 Å². The fourth-order valence-corrected chi connectivity index (χ4v) is 0.868. The van der Waals surface area contributed by atoms with Gasteiger partial charge in [-0.05, 0) is 11.6 Å². The average Bonchev–Trinajstić information content (AvgIpc) is 2.15. The summed E-state index contributed by atoms with van der Waals surface area (Å²) >= 11 is 0. The monoisotopic (exact) mass is 215 g/mol. The Morgan fingerprint density at radius 3 is 2.87 bits per heavy atom. The molecule has 0 radical (unpaired) electrons. The van der Waals surface area contributed by atoms with Gasteiger partial charge in [-0.1, -0.05) is 0 Å². The predicted octanol–water partition coefficient (Wildman–Crippen LogP) is -0.482. The van der Waals surface area contributed by atoms with Crippen molar-refractivity contribution in [2.45, 2.75) is 18.9 Å². The van der Waals surface area contributed by atoms with E-state index in [4.69, 9.17) is 21.8 Å². The molecule has 0 aromatic rings. The van der Waals surface area contributed by atoms with Crippen LogP contribution in [0.5, 0.6) is 0 Å². The molecule has 0 bridgehead atoms. The number of azide groups is 1. The van der Waals surface area contributed by atoms with E-state index in [-0.39, 0.29) is 12.4 Å². The minimum absolute atomic E-state index is 0.162. The van der Waals surface area contributed by atoms with Gasteiger partial charge in [0, 0.05) is 13.0 Å². The van der Waals surface area contributed by atoms with Crippen molar-refractivity contribution >= 4 is 11.9 Å². The average molecular weight is 215 g/mol. The summed E-state index contributed by atoms with van der Waals surface area (Å²) in [6, 6.07) is -0.922. The van der Waals surface area contributed by atoms with Crippen LogP contribution < -0.4 is 16.5 Å². The van der Waals surface area contributed by atoms with Crippen molar-refractivity contribution < 1.29 is 9.90 Å². The van der Waals surface area contributed by atoms with Crippen molar-refractivity contribution in [1.82, 2.24) is 10.7 Å². The van der Waals surface area contributed by atoms with Crippen LogP contribution in [-0.4, -0.2) is 29.6 Å². The minimum atomic E-state index is -1.09. The van der Waals surface area contributed by atoms with Gasteiger partial charge in [-0.25, -0.2) is 10.2 Å². The van der Waals surface area contributed by atoms with E-state index >= 15 is 0 Å². The van der Waals surface area contributed by atoms with Crippen LogP contribution in [0.15, 0.2) is 5.22 Å². The Morgan fingerprint density at radius 2 is 2.40 bits per heavy atom. The molecule has 0 aliphatic heterocycles. The van der Waals surface area contributed by atoms with Gasteiger partial charge in [0.05, 0.1) is 0 Å². The lowest BCUT2D eigenvalue weighted by Gasteiger charge is -2.08. The van der Waals surface area contributed by atoms with Crippen molar-refractivity contribution in [3.05, 3.63) is 10.4 Å². The zero-order valence-corrected chi connectivity index (χ0v) is 7.97. The smallest absolute Gasteiger partial charge is 0.349 e. The van der Waals surface area contributed by atoms with Gasteiger partial charge < -0.3 is 16.2 Å². The first-order chi connectivity index (χ1) is 7.07. The molecule has 0 fully saturated rings. The fraction of sp³-hybridized carbons (Fsp3) is 0.667. The molecule has 0 aromatic carbocycles. The molecule has 0 rings (SSSR count). The van der Waals surface area contributed by atoms with Gasteiger partial charge in [0.2, 0.25) is 0 Å². The van der Waals surface area contributed by atoms with Gasteiger partial charge in [0.25, 0.3) is 0 Å². The van der Waals surface area contributed by atoms with E-state index in [0.29, 0.717) is 13.0 Å². The number of nitrogens with zero attached hydrogens (tertiary/aromatic N) is 3. The van der Waals surface area contributed by atoms with Crippen LogP contribution in [0, 0.1) is 5.41 Å². The molecular formula is C6H13N7O2. The maximum absolute atomic E-state index is 10.6. The second-order valence-electron chi connectivity index (χ2n) is 2.69. The number of nitrogens with two attached hydrogens (primary N) is 1. The van der Waals surface area contributed by atoms with Crippen LogP contribution in [0.2, 0.25) is 0 Å². The number of carboxylic acids is 1. The topological polar surface area (TPSA) is 160 Å². The Bertz CT molecular complexity index is 273. The summed E-state index contributed by atoms with van der Waals surface area (Å²) in [4.78, 5) is 13.0. The van der Waals surface area contributed by atoms with Gasteiger partial charge in [-0.15, -0.1) is 5.53 Å². The maximum atomic E-state index is 10.6. The lowest BCUT2D eigenvalue weighted by Crippen LogP contribution is -2.35. The summed E-state index contributed by atoms with van der Waals surface area (Å²) in [5.74, 6) is -1.25. The van der Waals surface area contributed by atoms with Crippen LogP contribution >= 0.6 is 0 Å². The number of hydrogen-bond acceptors (Lipinski definition) is 3. The number of nitrogens with one attached hydrogen (secondary N) is 3. The number of hydrogen-bond donors (Lipinski definition) is 5. The Labute approximate surface area is 85.7 Å². The first-order valence-corrected chi connectivity index (χ1v) is 4.18. The molecule has 0 heterocycles. The highest BCUT2D eigenvalue weighted by atomic mass is 16.4. The second-order valence-corrected chi connectivity index (χ2v) is 2.69. The lowest BCUT2D eigenvalue weighted by atomic mass is 10.1. The number of carboxylic acid groups (broad SMARTS) is 1. The molecule has 0 saturated heterocycles. The van der Waals surface area contributed by atoms with Gasteiger partial charge in [0.15, 0.2) is 12.0 Å². The van der Waals surface area contributed by atoms with Crippen LogP contribution in [0.4, 0.5) is 0 Å². The number of aliphatic carboxylic acids is 1. The van der Waals surface area contributed by atoms with Crippen molar-refractivity contribution in [3.8, 4) is 0 Å². The molecule has 0 amide bonds. The van der Waals surface area contributed by atoms with Crippen molar-refractivity contribution in [1.29, 1.82) is 5.41 Å². The Morgan fingerprint density at radius 1 is 1.73 bits per heavy atom. The van der Waals surface area contributed by atoms with Crippen LogP contribution in [0.1, 0.15) is 12.8 Å². The molecule has 0 unspecified atom stereocenters. The summed E-state index contributed by atoms with van der Waals surface area (Å²) in [7, 11) is 0.